The molecule has 6 aliphatic rings. The van der Waals surface area contributed by atoms with Gasteiger partial charge in [0, 0.05) is 84.5 Å². The smallest absolute Gasteiger partial charge is 0.167 e. The molecule has 0 bridgehead atoms. The number of carbonyl (C=O) groups is 4. The highest BCUT2D eigenvalue weighted by atomic mass is 16.3. The van der Waals surface area contributed by atoms with Gasteiger partial charge in [0.05, 0.1) is 11.2 Å². The number of pyridine rings is 3. The molecule has 12 rings (SSSR count). The molecule has 0 amide bonds. The van der Waals surface area contributed by atoms with Gasteiger partial charge in [0.1, 0.15) is 5.78 Å². The van der Waals surface area contributed by atoms with Gasteiger partial charge in [0.15, 0.2) is 17.3 Å². The Balaban J connectivity index is 0.000000150. The van der Waals surface area contributed by atoms with Crippen molar-refractivity contribution in [2.24, 2.45) is 17.8 Å². The van der Waals surface area contributed by atoms with Crippen LogP contribution in [0, 0.1) is 38.5 Å². The third-order valence-corrected chi connectivity index (χ3v) is 23.7. The fourth-order valence-corrected chi connectivity index (χ4v) is 18.5. The van der Waals surface area contributed by atoms with E-state index in [1.54, 1.807) is 18.6 Å². The monoisotopic (exact) mass is 1230 g/mol. The van der Waals surface area contributed by atoms with Crippen molar-refractivity contribution in [3.05, 3.63) is 193 Å². The third kappa shape index (κ3) is 14.6. The highest BCUT2D eigenvalue weighted by Crippen LogP contribution is 2.57. The number of fused-ring (bicyclic) bond motifs is 9. The van der Waals surface area contributed by atoms with E-state index in [9.17, 15) is 29.4 Å². The fourth-order valence-electron chi connectivity index (χ4n) is 18.5. The van der Waals surface area contributed by atoms with Gasteiger partial charge >= 0.3 is 0 Å². The van der Waals surface area contributed by atoms with Crippen LogP contribution in [-0.4, -0.2) is 59.5 Å². The number of Topliss-reactive ketones (excluding diaryl/α,β-unsaturated/α-hetero) is 4. The number of hydrogen-bond acceptors (Lipinski definition) is 9. The number of hydrogen-bond donors (Lipinski definition) is 2. The van der Waals surface area contributed by atoms with Crippen LogP contribution < -0.4 is 0 Å². The van der Waals surface area contributed by atoms with Crippen LogP contribution in [0.1, 0.15) is 281 Å². The summed E-state index contributed by atoms with van der Waals surface area (Å²) >= 11 is 0. The predicted octanol–water partition coefficient (Wildman–Crippen LogP) is 17.8. The Morgan fingerprint density at radius 2 is 0.791 bits per heavy atom. The topological polar surface area (TPSA) is 147 Å². The SMILES string of the molecule is CCC[C@@]12CCC(=O)C[C@@H]1CCCc1cc(C(=O)Cc3cccnc3C)ccc12.CCC[C@@]12CC[C@@](O)(CC)C[C@@H]1CCCc1cc(C(=O)Cc3cccnc3C)ccc12.CCC[C@@]12CC[C@](O)(CC)C[C@@H]1CCCc1cc(C(=O)Cc3cccnc3C)ccc12. The summed E-state index contributed by atoms with van der Waals surface area (Å²) < 4.78 is 0. The molecule has 8 atom stereocenters. The summed E-state index contributed by atoms with van der Waals surface area (Å²) in [6, 6.07) is 31.1. The van der Waals surface area contributed by atoms with E-state index >= 15 is 0 Å². The van der Waals surface area contributed by atoms with Crippen molar-refractivity contribution in [2.45, 2.75) is 269 Å². The second-order valence-electron chi connectivity index (χ2n) is 29.0. The van der Waals surface area contributed by atoms with Gasteiger partial charge in [-0.05, 0) is 276 Å². The first kappa shape index (κ1) is 67.6. The number of carbonyl (C=O) groups excluding carboxylic acids is 4. The Morgan fingerprint density at radius 1 is 0.451 bits per heavy atom. The predicted molar refractivity (Wildman–Crippen MR) is 366 cm³/mol. The first-order chi connectivity index (χ1) is 43.8. The molecular weight excluding hydrogens is 1120 g/mol. The molecule has 3 aromatic carbocycles. The van der Waals surface area contributed by atoms with E-state index in [0.29, 0.717) is 49.2 Å². The number of nitrogens with zero attached hydrogens (tertiary/aromatic N) is 3. The maximum Gasteiger partial charge on any atom is 0.167 e. The van der Waals surface area contributed by atoms with Crippen molar-refractivity contribution in [3.63, 3.8) is 0 Å². The lowest BCUT2D eigenvalue weighted by molar-refractivity contribution is -0.123. The van der Waals surface area contributed by atoms with Crippen molar-refractivity contribution in [1.82, 2.24) is 15.0 Å². The number of ketones is 4. The van der Waals surface area contributed by atoms with E-state index in [1.165, 1.54) is 59.1 Å². The maximum atomic E-state index is 13.1. The fraction of sp³-hybridized carbons (Fsp3) is 0.549. The molecule has 0 unspecified atom stereocenters. The first-order valence-electron chi connectivity index (χ1n) is 35.5. The highest BCUT2D eigenvalue weighted by Gasteiger charge is 2.52. The van der Waals surface area contributed by atoms with E-state index < -0.39 is 11.2 Å². The first-order valence-corrected chi connectivity index (χ1v) is 35.5. The summed E-state index contributed by atoms with van der Waals surface area (Å²) in [5.74, 6) is 2.47. The minimum absolute atomic E-state index is 0.121. The molecule has 0 aliphatic heterocycles. The Bertz CT molecular complexity index is 3410. The van der Waals surface area contributed by atoms with Crippen molar-refractivity contribution in [3.8, 4) is 0 Å². The van der Waals surface area contributed by atoms with Gasteiger partial charge in [0.25, 0.3) is 0 Å². The van der Waals surface area contributed by atoms with E-state index in [0.717, 1.165) is 185 Å². The normalized spacial score (nSPS) is 26.5. The Hall–Kier alpha value is -6.29. The molecule has 2 N–H and O–H groups in total. The van der Waals surface area contributed by atoms with Crippen LogP contribution in [0.2, 0.25) is 0 Å². The van der Waals surface area contributed by atoms with Crippen molar-refractivity contribution >= 4 is 23.1 Å². The van der Waals surface area contributed by atoms with Crippen LogP contribution in [0.3, 0.4) is 0 Å². The lowest BCUT2D eigenvalue weighted by Crippen LogP contribution is -2.47. The molecule has 0 spiro atoms. The summed E-state index contributed by atoms with van der Waals surface area (Å²) in [4.78, 5) is 64.3. The van der Waals surface area contributed by atoms with Gasteiger partial charge in [-0.3, -0.25) is 34.1 Å². The molecular formula is C82H105N3O6. The van der Waals surface area contributed by atoms with Crippen molar-refractivity contribution < 1.29 is 29.4 Å². The molecule has 6 aliphatic carbocycles. The van der Waals surface area contributed by atoms with Crippen LogP contribution in [0.25, 0.3) is 0 Å². The second-order valence-corrected chi connectivity index (χ2v) is 29.0. The molecule has 0 radical (unpaired) electrons. The molecule has 9 nitrogen and oxygen atoms in total. The molecule has 91 heavy (non-hydrogen) atoms. The largest absolute Gasteiger partial charge is 0.390 e. The number of aryl methyl sites for hydroxylation is 6. The molecule has 9 heteroatoms. The van der Waals surface area contributed by atoms with Crippen molar-refractivity contribution in [1.29, 1.82) is 0 Å². The average molecular weight is 1230 g/mol. The van der Waals surface area contributed by atoms with Gasteiger partial charge < -0.3 is 10.2 Å². The summed E-state index contributed by atoms with van der Waals surface area (Å²) in [5.41, 5.74) is 16.1. The molecule has 3 heterocycles. The zero-order valence-corrected chi connectivity index (χ0v) is 56.5. The lowest BCUT2D eigenvalue weighted by atomic mass is 9.56. The summed E-state index contributed by atoms with van der Waals surface area (Å²) in [5, 5.41) is 22.1. The second kappa shape index (κ2) is 29.3. The Morgan fingerprint density at radius 3 is 1.12 bits per heavy atom. The Labute approximate surface area is 544 Å². The van der Waals surface area contributed by atoms with Gasteiger partial charge in [-0.25, -0.2) is 0 Å². The number of benzene rings is 3. The maximum absolute atomic E-state index is 13.1. The van der Waals surface area contributed by atoms with Gasteiger partial charge in [-0.2, -0.15) is 0 Å². The summed E-state index contributed by atoms with van der Waals surface area (Å²) in [6.07, 6.45) is 33.3. The Kier molecular flexibility index (Phi) is 21.8. The molecule has 3 fully saturated rings. The number of aromatic nitrogens is 3. The van der Waals surface area contributed by atoms with Gasteiger partial charge in [-0.1, -0.05) is 108 Å². The van der Waals surface area contributed by atoms with Crippen LogP contribution in [0.5, 0.6) is 0 Å². The molecule has 0 saturated heterocycles. The van der Waals surface area contributed by atoms with Gasteiger partial charge in [0.2, 0.25) is 0 Å². The molecule has 3 aromatic heterocycles. The van der Waals surface area contributed by atoms with E-state index in [2.05, 4.69) is 98.1 Å². The zero-order chi connectivity index (χ0) is 64.6. The minimum Gasteiger partial charge on any atom is -0.390 e. The third-order valence-electron chi connectivity index (χ3n) is 23.7. The standard InChI is InChI=1S/2C28H37NO2.C26H31NO2/c2*1-4-13-28-15-14-27(31,5-2)19-24(28)10-6-8-22-17-23(11-12-25(22)28)26(30)18-21-9-7-16-29-20(21)3;1-3-12-26-13-11-23(28)17-22(26)8-4-6-20-15-21(9-10-24(20)26)25(29)16-19-7-5-14-27-18(19)2/h2*7,9,11-12,16-17,24,31H,4-6,8,10,13-15,18-19H2,1-3H3;5,7,9-10,14-15,22H,3-4,6,8,11-13,16-17H2,1-2H3/t24-,27+,28+;24-,27-,28+;22-,26+/m000/s1. The van der Waals surface area contributed by atoms with Gasteiger partial charge in [-0.15, -0.1) is 0 Å². The van der Waals surface area contributed by atoms with Crippen LogP contribution in [-0.2, 0) is 59.6 Å². The molecule has 484 valence electrons. The summed E-state index contributed by atoms with van der Waals surface area (Å²) in [6.45, 7) is 17.0. The van der Waals surface area contributed by atoms with Crippen LogP contribution >= 0.6 is 0 Å². The minimum atomic E-state index is -0.496. The van der Waals surface area contributed by atoms with Crippen LogP contribution in [0.4, 0.5) is 0 Å². The van der Waals surface area contributed by atoms with E-state index in [-0.39, 0.29) is 33.6 Å². The average Bonchev–Trinajstić information content (AvgIpc) is 1.77. The van der Waals surface area contributed by atoms with Crippen LogP contribution in [0.15, 0.2) is 110 Å². The number of rotatable bonds is 17. The molecule has 6 aromatic rings. The molecule has 3 saturated carbocycles. The van der Waals surface area contributed by atoms with Crippen molar-refractivity contribution in [2.75, 3.05) is 0 Å². The quantitative estimate of drug-likeness (QED) is 0.0852. The van der Waals surface area contributed by atoms with E-state index in [1.807, 2.05) is 63.2 Å². The summed E-state index contributed by atoms with van der Waals surface area (Å²) in [7, 11) is 0. The lowest BCUT2D eigenvalue weighted by Gasteiger charge is -2.50. The highest BCUT2D eigenvalue weighted by molar-refractivity contribution is 5.99. The number of aliphatic hydroxyl groups is 2. The zero-order valence-electron chi connectivity index (χ0n) is 56.5. The van der Waals surface area contributed by atoms with E-state index in [4.69, 9.17) is 0 Å².